The first-order valence-corrected chi connectivity index (χ1v) is 6.18. The van der Waals surface area contributed by atoms with Gasteiger partial charge in [0.15, 0.2) is 0 Å². The van der Waals surface area contributed by atoms with Crippen LogP contribution in [-0.2, 0) is 4.74 Å². The summed E-state index contributed by atoms with van der Waals surface area (Å²) >= 11 is 0. The Morgan fingerprint density at radius 3 is 2.89 bits per heavy atom. The highest BCUT2D eigenvalue weighted by Crippen LogP contribution is 1.95. The van der Waals surface area contributed by atoms with Gasteiger partial charge in [-0.3, -0.25) is 9.59 Å². The summed E-state index contributed by atoms with van der Waals surface area (Å²) in [6.45, 7) is 5.29. The Kier molecular flexibility index (Phi) is 6.14. The fraction of sp³-hybridized carbons (Fsp3) is 0.538. The zero-order valence-corrected chi connectivity index (χ0v) is 10.9. The van der Waals surface area contributed by atoms with E-state index in [2.05, 4.69) is 10.3 Å². The number of rotatable bonds is 7. The number of unbranched alkanes of at least 4 members (excludes halogenated alkanes) is 1. The second-order valence-corrected chi connectivity index (χ2v) is 4.32. The molecule has 0 saturated heterocycles. The second kappa shape index (κ2) is 7.66. The van der Waals surface area contributed by atoms with Gasteiger partial charge in [-0.05, 0) is 32.8 Å². The summed E-state index contributed by atoms with van der Waals surface area (Å²) in [4.78, 5) is 25.1. The lowest BCUT2D eigenvalue weighted by molar-refractivity contribution is 0.0754. The van der Waals surface area contributed by atoms with E-state index in [-0.39, 0.29) is 17.6 Å². The van der Waals surface area contributed by atoms with E-state index >= 15 is 0 Å². The van der Waals surface area contributed by atoms with Crippen molar-refractivity contribution in [1.82, 2.24) is 10.3 Å². The van der Waals surface area contributed by atoms with E-state index in [4.69, 9.17) is 4.74 Å². The van der Waals surface area contributed by atoms with Crippen LogP contribution in [0.15, 0.2) is 23.1 Å². The zero-order valence-electron chi connectivity index (χ0n) is 10.9. The predicted octanol–water partition coefficient (Wildman–Crippen LogP) is 1.31. The van der Waals surface area contributed by atoms with Crippen LogP contribution in [0.3, 0.4) is 0 Å². The summed E-state index contributed by atoms with van der Waals surface area (Å²) in [5, 5.41) is 2.77. The molecule has 0 bridgehead atoms. The van der Waals surface area contributed by atoms with E-state index in [1.807, 2.05) is 13.8 Å². The molecule has 0 aliphatic heterocycles. The molecule has 0 unspecified atom stereocenters. The smallest absolute Gasteiger partial charge is 0.251 e. The number of aromatic nitrogens is 1. The number of ether oxygens (including phenoxy) is 1. The predicted molar refractivity (Wildman–Crippen MR) is 69.7 cm³/mol. The van der Waals surface area contributed by atoms with Crippen molar-refractivity contribution in [2.45, 2.75) is 32.8 Å². The van der Waals surface area contributed by atoms with Gasteiger partial charge in [0, 0.05) is 31.0 Å². The van der Waals surface area contributed by atoms with Crippen LogP contribution < -0.4 is 10.9 Å². The second-order valence-electron chi connectivity index (χ2n) is 4.32. The van der Waals surface area contributed by atoms with Gasteiger partial charge in [-0.25, -0.2) is 0 Å². The number of nitrogens with one attached hydrogen (secondary N) is 2. The number of pyridine rings is 1. The lowest BCUT2D eigenvalue weighted by Crippen LogP contribution is -2.25. The van der Waals surface area contributed by atoms with Crippen molar-refractivity contribution in [1.29, 1.82) is 0 Å². The van der Waals surface area contributed by atoms with Crippen molar-refractivity contribution in [3.63, 3.8) is 0 Å². The van der Waals surface area contributed by atoms with Crippen molar-refractivity contribution in [2.75, 3.05) is 13.2 Å². The molecule has 0 fully saturated rings. The van der Waals surface area contributed by atoms with Crippen LogP contribution >= 0.6 is 0 Å². The molecule has 1 rings (SSSR count). The lowest BCUT2D eigenvalue weighted by atomic mass is 10.2. The minimum atomic E-state index is -0.270. The molecule has 18 heavy (non-hydrogen) atoms. The van der Waals surface area contributed by atoms with Gasteiger partial charge in [0.2, 0.25) is 5.56 Å². The summed E-state index contributed by atoms with van der Waals surface area (Å²) in [6.07, 6.45) is 3.49. The molecule has 0 saturated carbocycles. The Morgan fingerprint density at radius 1 is 1.44 bits per heavy atom. The Morgan fingerprint density at radius 2 is 2.22 bits per heavy atom. The molecular formula is C13H20N2O3. The average Bonchev–Trinajstić information content (AvgIpc) is 2.33. The van der Waals surface area contributed by atoms with E-state index in [1.165, 1.54) is 12.3 Å². The third-order valence-electron chi connectivity index (χ3n) is 2.35. The van der Waals surface area contributed by atoms with Crippen LogP contribution in [0.5, 0.6) is 0 Å². The summed E-state index contributed by atoms with van der Waals surface area (Å²) < 4.78 is 5.39. The number of carbonyl (C=O) groups is 1. The van der Waals surface area contributed by atoms with Gasteiger partial charge in [-0.15, -0.1) is 0 Å². The molecule has 1 heterocycles. The molecule has 0 aliphatic rings. The van der Waals surface area contributed by atoms with Gasteiger partial charge in [-0.2, -0.15) is 0 Å². The molecule has 0 aliphatic carbocycles. The topological polar surface area (TPSA) is 71.2 Å². The Labute approximate surface area is 107 Å². The van der Waals surface area contributed by atoms with Crippen molar-refractivity contribution in [2.24, 2.45) is 0 Å². The van der Waals surface area contributed by atoms with E-state index in [1.54, 1.807) is 6.07 Å². The fourth-order valence-electron chi connectivity index (χ4n) is 1.44. The van der Waals surface area contributed by atoms with Crippen LogP contribution in [0.2, 0.25) is 0 Å². The number of hydrogen-bond donors (Lipinski definition) is 2. The van der Waals surface area contributed by atoms with E-state index in [0.29, 0.717) is 18.7 Å². The Bertz CT molecular complexity index is 426. The van der Waals surface area contributed by atoms with Crippen LogP contribution in [0, 0.1) is 0 Å². The standard InChI is InChI=1S/C13H20N2O3/c1-10(2)18-8-4-3-6-15-13(17)11-5-7-14-12(16)9-11/h5,7,9-10H,3-4,6,8H2,1-2H3,(H,14,16)(H,15,17). The zero-order chi connectivity index (χ0) is 13.4. The normalized spacial score (nSPS) is 10.6. The third-order valence-corrected chi connectivity index (χ3v) is 2.35. The number of hydrogen-bond acceptors (Lipinski definition) is 3. The highest BCUT2D eigenvalue weighted by molar-refractivity contribution is 5.93. The van der Waals surface area contributed by atoms with Crippen LogP contribution in [-0.4, -0.2) is 30.1 Å². The molecule has 1 aromatic heterocycles. The van der Waals surface area contributed by atoms with Gasteiger partial charge in [0.25, 0.3) is 5.91 Å². The van der Waals surface area contributed by atoms with Crippen molar-refractivity contribution >= 4 is 5.91 Å². The molecule has 0 aromatic carbocycles. The minimum Gasteiger partial charge on any atom is -0.379 e. The summed E-state index contributed by atoms with van der Waals surface area (Å²) in [5.41, 5.74) is 0.116. The largest absolute Gasteiger partial charge is 0.379 e. The molecule has 5 heteroatoms. The maximum atomic E-state index is 11.6. The van der Waals surface area contributed by atoms with E-state index < -0.39 is 0 Å². The fourth-order valence-corrected chi connectivity index (χ4v) is 1.44. The Balaban J connectivity index is 2.20. The maximum Gasteiger partial charge on any atom is 0.251 e. The molecule has 0 radical (unpaired) electrons. The molecular weight excluding hydrogens is 232 g/mol. The number of carbonyl (C=O) groups excluding carboxylic acids is 1. The van der Waals surface area contributed by atoms with Gasteiger partial charge >= 0.3 is 0 Å². The first-order valence-electron chi connectivity index (χ1n) is 6.18. The maximum absolute atomic E-state index is 11.6. The van der Waals surface area contributed by atoms with Gasteiger partial charge in [0.05, 0.1) is 6.10 Å². The summed E-state index contributed by atoms with van der Waals surface area (Å²) in [5.74, 6) is -0.217. The van der Waals surface area contributed by atoms with E-state index in [0.717, 1.165) is 12.8 Å². The average molecular weight is 252 g/mol. The third kappa shape index (κ3) is 5.63. The molecule has 0 spiro atoms. The van der Waals surface area contributed by atoms with Gasteiger partial charge in [0.1, 0.15) is 0 Å². The quantitative estimate of drug-likeness (QED) is 0.719. The molecule has 1 amide bonds. The number of H-pyrrole nitrogens is 1. The molecule has 1 aromatic rings. The summed E-state index contributed by atoms with van der Waals surface area (Å²) in [6, 6.07) is 2.87. The first kappa shape index (κ1) is 14.4. The molecule has 2 N–H and O–H groups in total. The van der Waals surface area contributed by atoms with Crippen molar-refractivity contribution < 1.29 is 9.53 Å². The molecule has 100 valence electrons. The van der Waals surface area contributed by atoms with Crippen LogP contribution in [0.25, 0.3) is 0 Å². The first-order chi connectivity index (χ1) is 8.59. The van der Waals surface area contributed by atoms with Crippen molar-refractivity contribution in [3.8, 4) is 0 Å². The summed E-state index contributed by atoms with van der Waals surface area (Å²) in [7, 11) is 0. The van der Waals surface area contributed by atoms with Crippen molar-refractivity contribution in [3.05, 3.63) is 34.2 Å². The van der Waals surface area contributed by atoms with Crippen LogP contribution in [0.1, 0.15) is 37.0 Å². The van der Waals surface area contributed by atoms with E-state index in [9.17, 15) is 9.59 Å². The van der Waals surface area contributed by atoms with Crippen LogP contribution in [0.4, 0.5) is 0 Å². The molecule has 5 nitrogen and oxygen atoms in total. The highest BCUT2D eigenvalue weighted by atomic mass is 16.5. The minimum absolute atomic E-state index is 0.217. The lowest BCUT2D eigenvalue weighted by Gasteiger charge is -2.07. The van der Waals surface area contributed by atoms with Gasteiger partial charge in [-0.1, -0.05) is 0 Å². The monoisotopic (exact) mass is 252 g/mol. The SMILES string of the molecule is CC(C)OCCCCNC(=O)c1cc[nH]c(=O)c1. The number of aromatic amines is 1. The Hall–Kier alpha value is -1.62. The number of amides is 1. The highest BCUT2D eigenvalue weighted by Gasteiger charge is 2.04. The van der Waals surface area contributed by atoms with Gasteiger partial charge < -0.3 is 15.0 Å². The molecule has 0 atom stereocenters.